The maximum Gasteiger partial charge on any atom is 0.116 e. The van der Waals surface area contributed by atoms with Crippen molar-refractivity contribution in [2.24, 2.45) is 10.9 Å². The Kier molecular flexibility index (Phi) is 13.4. The van der Waals surface area contributed by atoms with Gasteiger partial charge in [-0.1, -0.05) is 55.5 Å². The second kappa shape index (κ2) is 15.5. The van der Waals surface area contributed by atoms with Crippen LogP contribution in [-0.4, -0.2) is 25.6 Å². The molecule has 1 N–H and O–H groups in total. The Bertz CT molecular complexity index is 862. The fourth-order valence-electron chi connectivity index (χ4n) is 3.74. The predicted octanol–water partition coefficient (Wildman–Crippen LogP) is 7.42. The number of carbonyl (C=O) groups excluding carboxylic acids is 1. The maximum atomic E-state index is 8.81. The monoisotopic (exact) mass is 452 g/mol. The molecule has 0 amide bonds. The van der Waals surface area contributed by atoms with Crippen LogP contribution in [0.25, 0.3) is 0 Å². The van der Waals surface area contributed by atoms with E-state index in [1.54, 1.807) is 0 Å². The van der Waals surface area contributed by atoms with E-state index < -0.39 is 0 Å². The van der Waals surface area contributed by atoms with Gasteiger partial charge in [-0.25, -0.2) is 0 Å². The molecule has 32 heavy (non-hydrogen) atoms. The lowest BCUT2D eigenvalue weighted by Gasteiger charge is -2.25. The first-order valence-electron chi connectivity index (χ1n) is 11.4. The van der Waals surface area contributed by atoms with E-state index in [1.165, 1.54) is 40.6 Å². The normalized spacial score (nSPS) is 16.0. The molecule has 0 aliphatic heterocycles. The molecular formula is C28H40N2OS. The Hall–Kier alpha value is -2.30. The number of allylic oxidation sites excluding steroid dienone is 3. The van der Waals surface area contributed by atoms with Gasteiger partial charge < -0.3 is 10.1 Å². The highest BCUT2D eigenvalue weighted by Crippen LogP contribution is 2.33. The zero-order chi connectivity index (χ0) is 23.9. The van der Waals surface area contributed by atoms with E-state index in [1.807, 2.05) is 18.4 Å². The molecule has 1 aromatic carbocycles. The van der Waals surface area contributed by atoms with Gasteiger partial charge in [-0.3, -0.25) is 4.99 Å². The Morgan fingerprint density at radius 3 is 2.38 bits per heavy atom. The minimum absolute atomic E-state index is 0.529. The van der Waals surface area contributed by atoms with Crippen molar-refractivity contribution >= 4 is 23.3 Å². The number of hydrogen-bond donors (Lipinski definition) is 1. The van der Waals surface area contributed by atoms with Gasteiger partial charge in [0.05, 0.1) is 0 Å². The van der Waals surface area contributed by atoms with E-state index in [4.69, 9.17) is 4.79 Å². The SMILES string of the molecule is C=C(C)C1=C(N=C(C)C)CC(CNC)CC1.CC(c1ccccc1)c1cccs1.CC=O. The number of hydrogen-bond acceptors (Lipinski definition) is 4. The number of aliphatic imine (C=N–C) groups is 1. The molecule has 4 heteroatoms. The molecule has 1 aliphatic rings. The van der Waals surface area contributed by atoms with E-state index in [0.29, 0.717) is 5.92 Å². The third-order valence-corrected chi connectivity index (χ3v) is 6.32. The molecule has 2 aromatic rings. The van der Waals surface area contributed by atoms with Crippen LogP contribution in [0.15, 0.2) is 76.3 Å². The van der Waals surface area contributed by atoms with Crippen molar-refractivity contribution in [2.75, 3.05) is 13.6 Å². The molecule has 0 bridgehead atoms. The molecule has 2 atom stereocenters. The van der Waals surface area contributed by atoms with Gasteiger partial charge in [0.25, 0.3) is 0 Å². The third-order valence-electron chi connectivity index (χ3n) is 5.27. The molecule has 1 aliphatic carbocycles. The van der Waals surface area contributed by atoms with Crippen LogP contribution in [0.1, 0.15) is 70.2 Å². The van der Waals surface area contributed by atoms with Crippen LogP contribution < -0.4 is 5.32 Å². The highest BCUT2D eigenvalue weighted by atomic mass is 32.1. The van der Waals surface area contributed by atoms with E-state index in [0.717, 1.165) is 37.3 Å². The summed E-state index contributed by atoms with van der Waals surface area (Å²) in [6.07, 6.45) is 4.23. The van der Waals surface area contributed by atoms with Crippen molar-refractivity contribution in [1.82, 2.24) is 5.32 Å². The summed E-state index contributed by atoms with van der Waals surface area (Å²) in [5.41, 5.74) is 6.36. The molecule has 0 spiro atoms. The molecule has 1 heterocycles. The second-order valence-electron chi connectivity index (χ2n) is 8.31. The first-order valence-corrected chi connectivity index (χ1v) is 12.2. The molecule has 0 saturated heterocycles. The molecule has 0 fully saturated rings. The van der Waals surface area contributed by atoms with Crippen LogP contribution in [-0.2, 0) is 4.79 Å². The Labute approximate surface area is 199 Å². The number of carbonyl (C=O) groups is 1. The summed E-state index contributed by atoms with van der Waals surface area (Å²) in [4.78, 5) is 14.9. The molecule has 3 rings (SSSR count). The van der Waals surface area contributed by atoms with Crippen molar-refractivity contribution in [3.05, 3.63) is 81.7 Å². The van der Waals surface area contributed by atoms with Gasteiger partial charge in [-0.15, -0.1) is 11.3 Å². The van der Waals surface area contributed by atoms with Crippen LogP contribution in [0.3, 0.4) is 0 Å². The molecule has 0 radical (unpaired) electrons. The summed E-state index contributed by atoms with van der Waals surface area (Å²) in [6, 6.07) is 14.9. The number of aldehydes is 1. The Morgan fingerprint density at radius 1 is 1.22 bits per heavy atom. The summed E-state index contributed by atoms with van der Waals surface area (Å²) < 4.78 is 0. The van der Waals surface area contributed by atoms with Crippen LogP contribution >= 0.6 is 11.3 Å². The standard InChI is InChI=1S/C14H24N2.C12H12S.C2H4O/c1-10(2)13-7-6-12(9-15-5)8-14(13)16-11(3)4;1-10(12-8-5-9-13-12)11-6-3-2-4-7-11;1-2-3/h12,15H,1,6-9H2,2-5H3;2-10H,1H3;2H,1H3. The van der Waals surface area contributed by atoms with Crippen LogP contribution in [0.4, 0.5) is 0 Å². The number of nitrogens with one attached hydrogen (secondary N) is 1. The first-order chi connectivity index (χ1) is 15.3. The number of nitrogens with zero attached hydrogens (tertiary/aromatic N) is 1. The van der Waals surface area contributed by atoms with Crippen LogP contribution in [0, 0.1) is 5.92 Å². The van der Waals surface area contributed by atoms with Gasteiger partial charge in [-0.05, 0) is 89.1 Å². The number of thiophene rings is 1. The van der Waals surface area contributed by atoms with E-state index in [2.05, 4.69) is 92.4 Å². The molecule has 3 nitrogen and oxygen atoms in total. The van der Waals surface area contributed by atoms with Crippen LogP contribution in [0.5, 0.6) is 0 Å². The van der Waals surface area contributed by atoms with Gasteiger partial charge in [0.1, 0.15) is 6.29 Å². The average Bonchev–Trinajstić information content (AvgIpc) is 3.30. The quantitative estimate of drug-likeness (QED) is 0.366. The van der Waals surface area contributed by atoms with E-state index >= 15 is 0 Å². The maximum absolute atomic E-state index is 8.81. The highest BCUT2D eigenvalue weighted by molar-refractivity contribution is 7.10. The zero-order valence-corrected chi connectivity index (χ0v) is 21.5. The average molecular weight is 453 g/mol. The number of rotatable bonds is 6. The first kappa shape index (κ1) is 27.7. The predicted molar refractivity (Wildman–Crippen MR) is 142 cm³/mol. The molecule has 174 valence electrons. The topological polar surface area (TPSA) is 41.5 Å². The molecular weight excluding hydrogens is 412 g/mol. The van der Waals surface area contributed by atoms with E-state index in [-0.39, 0.29) is 0 Å². The number of benzene rings is 1. The van der Waals surface area contributed by atoms with Gasteiger partial charge in [0.2, 0.25) is 0 Å². The molecule has 0 saturated carbocycles. The smallest absolute Gasteiger partial charge is 0.116 e. The van der Waals surface area contributed by atoms with Crippen LogP contribution in [0.2, 0.25) is 0 Å². The molecule has 1 aromatic heterocycles. The van der Waals surface area contributed by atoms with Crippen molar-refractivity contribution < 1.29 is 4.79 Å². The molecule has 2 unspecified atom stereocenters. The van der Waals surface area contributed by atoms with Gasteiger partial charge >= 0.3 is 0 Å². The lowest BCUT2D eigenvalue weighted by molar-refractivity contribution is -0.106. The Morgan fingerprint density at radius 2 is 1.88 bits per heavy atom. The minimum atomic E-state index is 0.529. The van der Waals surface area contributed by atoms with E-state index in [9.17, 15) is 0 Å². The van der Waals surface area contributed by atoms with Gasteiger partial charge in [0, 0.05) is 22.2 Å². The summed E-state index contributed by atoms with van der Waals surface area (Å²) in [5.74, 6) is 1.26. The van der Waals surface area contributed by atoms with Crippen molar-refractivity contribution in [3.63, 3.8) is 0 Å². The second-order valence-corrected chi connectivity index (χ2v) is 9.29. The Balaban J connectivity index is 0.000000289. The summed E-state index contributed by atoms with van der Waals surface area (Å²) in [7, 11) is 2.02. The summed E-state index contributed by atoms with van der Waals surface area (Å²) in [5, 5.41) is 5.40. The highest BCUT2D eigenvalue weighted by Gasteiger charge is 2.20. The van der Waals surface area contributed by atoms with Gasteiger partial charge in [0.15, 0.2) is 0 Å². The lowest BCUT2D eigenvalue weighted by atomic mass is 9.85. The van der Waals surface area contributed by atoms with Gasteiger partial charge in [-0.2, -0.15) is 0 Å². The fourth-order valence-corrected chi connectivity index (χ4v) is 4.55. The zero-order valence-electron chi connectivity index (χ0n) is 20.7. The lowest BCUT2D eigenvalue weighted by Crippen LogP contribution is -2.22. The summed E-state index contributed by atoms with van der Waals surface area (Å²) in [6.45, 7) is 15.1. The fraction of sp³-hybridized carbons (Fsp3) is 0.429. The van der Waals surface area contributed by atoms with Crippen molar-refractivity contribution in [2.45, 2.75) is 59.8 Å². The summed E-state index contributed by atoms with van der Waals surface area (Å²) >= 11 is 1.83. The van der Waals surface area contributed by atoms with Crippen molar-refractivity contribution in [3.8, 4) is 0 Å². The third kappa shape index (κ3) is 9.88. The van der Waals surface area contributed by atoms with Crippen molar-refractivity contribution in [1.29, 1.82) is 0 Å². The largest absolute Gasteiger partial charge is 0.319 e. The minimum Gasteiger partial charge on any atom is -0.319 e.